The molecule has 7 heteroatoms. The van der Waals surface area contributed by atoms with Gasteiger partial charge in [0.15, 0.2) is 0 Å². The van der Waals surface area contributed by atoms with Crippen molar-refractivity contribution < 1.29 is 23.8 Å². The van der Waals surface area contributed by atoms with Crippen LogP contribution in [0.2, 0.25) is 0 Å². The van der Waals surface area contributed by atoms with E-state index in [1.165, 1.54) is 12.0 Å². The molecular weight excluding hydrogens is 408 g/mol. The standard InChI is InChI=1S/C25H28N2O5/c1-16-11-13-26(14-12-16)23-22(17-5-7-18(30-2)8-6-17)24(28)27(25(23)29)20-10-9-19(31-3)15-21(20)32-4/h5-10,15-16H,11-14H2,1-4H3. The zero-order valence-corrected chi connectivity index (χ0v) is 18.9. The molecule has 2 heterocycles. The summed E-state index contributed by atoms with van der Waals surface area (Å²) < 4.78 is 16.0. The Morgan fingerprint density at radius 1 is 0.812 bits per heavy atom. The van der Waals surface area contributed by atoms with Crippen LogP contribution in [0.4, 0.5) is 5.69 Å². The summed E-state index contributed by atoms with van der Waals surface area (Å²) in [5, 5.41) is 0. The van der Waals surface area contributed by atoms with E-state index in [4.69, 9.17) is 14.2 Å². The molecule has 0 radical (unpaired) electrons. The molecule has 0 aliphatic carbocycles. The van der Waals surface area contributed by atoms with Crippen molar-refractivity contribution >= 4 is 23.1 Å². The number of benzene rings is 2. The van der Waals surface area contributed by atoms with Crippen LogP contribution in [0.3, 0.4) is 0 Å². The average Bonchev–Trinajstić information content (AvgIpc) is 3.09. The second-order valence-corrected chi connectivity index (χ2v) is 8.11. The van der Waals surface area contributed by atoms with Crippen molar-refractivity contribution in [2.24, 2.45) is 5.92 Å². The molecule has 2 amide bonds. The molecule has 0 atom stereocenters. The van der Waals surface area contributed by atoms with Crippen LogP contribution < -0.4 is 19.1 Å². The van der Waals surface area contributed by atoms with E-state index in [-0.39, 0.29) is 11.8 Å². The van der Waals surface area contributed by atoms with Crippen LogP contribution in [-0.2, 0) is 9.59 Å². The first kappa shape index (κ1) is 21.7. The summed E-state index contributed by atoms with van der Waals surface area (Å²) in [6, 6.07) is 12.3. The maximum atomic E-state index is 13.7. The molecule has 0 saturated carbocycles. The summed E-state index contributed by atoms with van der Waals surface area (Å²) in [4.78, 5) is 30.7. The second-order valence-electron chi connectivity index (χ2n) is 8.11. The molecule has 2 aliphatic heterocycles. The van der Waals surface area contributed by atoms with E-state index >= 15 is 0 Å². The predicted molar refractivity (Wildman–Crippen MR) is 122 cm³/mol. The molecule has 1 saturated heterocycles. The molecule has 0 N–H and O–H groups in total. The van der Waals surface area contributed by atoms with Crippen LogP contribution in [0.25, 0.3) is 5.57 Å². The summed E-state index contributed by atoms with van der Waals surface area (Å²) in [7, 11) is 4.66. The zero-order chi connectivity index (χ0) is 22.8. The first-order chi connectivity index (χ1) is 15.5. The second kappa shape index (κ2) is 8.94. The lowest BCUT2D eigenvalue weighted by Crippen LogP contribution is -2.38. The monoisotopic (exact) mass is 436 g/mol. The molecule has 0 bridgehead atoms. The van der Waals surface area contributed by atoms with Gasteiger partial charge in [0.2, 0.25) is 0 Å². The van der Waals surface area contributed by atoms with Gasteiger partial charge in [-0.05, 0) is 48.6 Å². The Morgan fingerprint density at radius 2 is 1.44 bits per heavy atom. The van der Waals surface area contributed by atoms with Gasteiger partial charge in [0, 0.05) is 19.2 Å². The van der Waals surface area contributed by atoms with Crippen LogP contribution in [0.5, 0.6) is 17.2 Å². The van der Waals surface area contributed by atoms with Gasteiger partial charge in [-0.2, -0.15) is 0 Å². The molecular formula is C25H28N2O5. The number of piperidine rings is 1. The first-order valence-corrected chi connectivity index (χ1v) is 10.7. The van der Waals surface area contributed by atoms with E-state index in [9.17, 15) is 9.59 Å². The Hall–Kier alpha value is -3.48. The number of hydrogen-bond acceptors (Lipinski definition) is 6. The Bertz CT molecular complexity index is 1050. The number of likely N-dealkylation sites (tertiary alicyclic amines) is 1. The SMILES string of the molecule is COc1ccc(C2=C(N3CCC(C)CC3)C(=O)N(c3ccc(OC)cc3OC)C2=O)cc1. The maximum absolute atomic E-state index is 13.7. The van der Waals surface area contributed by atoms with Crippen LogP contribution in [-0.4, -0.2) is 51.1 Å². The summed E-state index contributed by atoms with van der Waals surface area (Å²) >= 11 is 0. The number of amides is 2. The molecule has 0 unspecified atom stereocenters. The molecule has 4 rings (SSSR count). The molecule has 1 fully saturated rings. The van der Waals surface area contributed by atoms with Gasteiger partial charge in [-0.3, -0.25) is 9.59 Å². The van der Waals surface area contributed by atoms with Gasteiger partial charge in [0.05, 0.1) is 32.6 Å². The largest absolute Gasteiger partial charge is 0.497 e. The van der Waals surface area contributed by atoms with E-state index in [2.05, 4.69) is 11.8 Å². The Labute approximate surface area is 188 Å². The molecule has 7 nitrogen and oxygen atoms in total. The fraction of sp³-hybridized carbons (Fsp3) is 0.360. The summed E-state index contributed by atoms with van der Waals surface area (Å²) in [6.07, 6.45) is 1.96. The summed E-state index contributed by atoms with van der Waals surface area (Å²) in [6.45, 7) is 3.69. The van der Waals surface area contributed by atoms with Crippen molar-refractivity contribution in [3.8, 4) is 17.2 Å². The van der Waals surface area contributed by atoms with E-state index in [0.717, 1.165) is 25.9 Å². The Kier molecular flexibility index (Phi) is 6.08. The van der Waals surface area contributed by atoms with Crippen molar-refractivity contribution in [1.82, 2.24) is 4.90 Å². The molecule has 2 aromatic rings. The topological polar surface area (TPSA) is 68.3 Å². The molecule has 0 aromatic heterocycles. The number of carbonyl (C=O) groups excluding carboxylic acids is 2. The zero-order valence-electron chi connectivity index (χ0n) is 18.9. The molecule has 168 valence electrons. The number of carbonyl (C=O) groups is 2. The average molecular weight is 437 g/mol. The highest BCUT2D eigenvalue weighted by Crippen LogP contribution is 2.41. The fourth-order valence-electron chi connectivity index (χ4n) is 4.25. The number of rotatable bonds is 6. The first-order valence-electron chi connectivity index (χ1n) is 10.7. The van der Waals surface area contributed by atoms with Crippen LogP contribution >= 0.6 is 0 Å². The predicted octanol–water partition coefficient (Wildman–Crippen LogP) is 3.73. The van der Waals surface area contributed by atoms with Crippen LogP contribution in [0, 0.1) is 5.92 Å². The Balaban J connectivity index is 1.81. The van der Waals surface area contributed by atoms with Crippen molar-refractivity contribution in [3.63, 3.8) is 0 Å². The third kappa shape index (κ3) is 3.79. The van der Waals surface area contributed by atoms with Gasteiger partial charge in [-0.25, -0.2) is 4.90 Å². The molecule has 2 aliphatic rings. The van der Waals surface area contributed by atoms with Gasteiger partial charge in [0.1, 0.15) is 22.9 Å². The van der Waals surface area contributed by atoms with Crippen molar-refractivity contribution in [3.05, 3.63) is 53.7 Å². The van der Waals surface area contributed by atoms with Crippen molar-refractivity contribution in [2.75, 3.05) is 39.3 Å². The lowest BCUT2D eigenvalue weighted by Gasteiger charge is -2.32. The summed E-state index contributed by atoms with van der Waals surface area (Å²) in [5.41, 5.74) is 1.94. The van der Waals surface area contributed by atoms with E-state index < -0.39 is 0 Å². The highest BCUT2D eigenvalue weighted by Gasteiger charge is 2.44. The van der Waals surface area contributed by atoms with Gasteiger partial charge < -0.3 is 19.1 Å². The molecule has 0 spiro atoms. The van der Waals surface area contributed by atoms with Gasteiger partial charge in [0.25, 0.3) is 11.8 Å². The minimum absolute atomic E-state index is 0.334. The number of ether oxygens (including phenoxy) is 3. The Morgan fingerprint density at radius 3 is 2.03 bits per heavy atom. The normalized spacial score (nSPS) is 17.2. The van der Waals surface area contributed by atoms with Gasteiger partial charge >= 0.3 is 0 Å². The molecule has 32 heavy (non-hydrogen) atoms. The number of hydrogen-bond donors (Lipinski definition) is 0. The fourth-order valence-corrected chi connectivity index (χ4v) is 4.25. The van der Waals surface area contributed by atoms with Crippen LogP contribution in [0.1, 0.15) is 25.3 Å². The van der Waals surface area contributed by atoms with E-state index in [0.29, 0.717) is 45.7 Å². The van der Waals surface area contributed by atoms with Crippen LogP contribution in [0.15, 0.2) is 48.2 Å². The highest BCUT2D eigenvalue weighted by molar-refractivity contribution is 6.45. The number of imide groups is 1. The van der Waals surface area contributed by atoms with E-state index in [1.54, 1.807) is 44.6 Å². The lowest BCUT2D eigenvalue weighted by atomic mass is 9.97. The van der Waals surface area contributed by atoms with Gasteiger partial charge in [-0.1, -0.05) is 19.1 Å². The molecule has 2 aromatic carbocycles. The lowest BCUT2D eigenvalue weighted by molar-refractivity contribution is -0.120. The van der Waals surface area contributed by atoms with Crippen molar-refractivity contribution in [2.45, 2.75) is 19.8 Å². The highest BCUT2D eigenvalue weighted by atomic mass is 16.5. The summed E-state index contributed by atoms with van der Waals surface area (Å²) in [5.74, 6) is 1.57. The minimum atomic E-state index is -0.364. The van der Waals surface area contributed by atoms with Crippen molar-refractivity contribution in [1.29, 1.82) is 0 Å². The minimum Gasteiger partial charge on any atom is -0.497 e. The number of nitrogens with zero attached hydrogens (tertiary/aromatic N) is 2. The number of methoxy groups -OCH3 is 3. The van der Waals surface area contributed by atoms with Gasteiger partial charge in [-0.15, -0.1) is 0 Å². The number of anilines is 1. The quantitative estimate of drug-likeness (QED) is 0.643. The third-order valence-corrected chi connectivity index (χ3v) is 6.17. The van der Waals surface area contributed by atoms with E-state index in [1.807, 2.05) is 12.1 Å². The smallest absolute Gasteiger partial charge is 0.282 e. The third-order valence-electron chi connectivity index (χ3n) is 6.17. The maximum Gasteiger partial charge on any atom is 0.282 e.